The number of hydrogen-bond donors (Lipinski definition) is 0. The number of carbonyl (C=O) groups excluding carboxylic acids is 1. The first-order valence-electron chi connectivity index (χ1n) is 7.38. The Bertz CT molecular complexity index is 470. The van der Waals surface area contributed by atoms with Gasteiger partial charge in [-0.05, 0) is 35.8 Å². The summed E-state index contributed by atoms with van der Waals surface area (Å²) in [6.45, 7) is 8.25. The van der Waals surface area contributed by atoms with Gasteiger partial charge in [0.15, 0.2) is 0 Å². The molecule has 1 heterocycles. The van der Waals surface area contributed by atoms with Gasteiger partial charge in [-0.2, -0.15) is 0 Å². The van der Waals surface area contributed by atoms with Gasteiger partial charge < -0.3 is 4.90 Å². The average molecular weight is 338 g/mol. The van der Waals surface area contributed by atoms with Crippen LogP contribution in [0.5, 0.6) is 0 Å². The molecule has 0 bridgehead atoms. The second-order valence-electron chi connectivity index (χ2n) is 6.69. The fourth-order valence-electron chi connectivity index (χ4n) is 2.78. The van der Waals surface area contributed by atoms with Gasteiger partial charge in [0, 0.05) is 24.0 Å². The molecular formula is C17H24BrNO. The number of benzene rings is 1. The Morgan fingerprint density at radius 1 is 1.25 bits per heavy atom. The molecule has 3 heteroatoms. The lowest BCUT2D eigenvalue weighted by molar-refractivity contribution is 0.0696. The molecular weight excluding hydrogens is 314 g/mol. The maximum absolute atomic E-state index is 12.8. The minimum atomic E-state index is 0.000431. The molecule has 0 atom stereocenters. The fraction of sp³-hybridized carbons (Fsp3) is 0.588. The molecule has 1 aliphatic rings. The van der Waals surface area contributed by atoms with Crippen molar-refractivity contribution in [2.24, 2.45) is 5.92 Å². The predicted molar refractivity (Wildman–Crippen MR) is 87.6 cm³/mol. The molecule has 1 saturated heterocycles. The molecule has 0 saturated carbocycles. The lowest BCUT2D eigenvalue weighted by atomic mass is 9.83. The zero-order chi connectivity index (χ0) is 14.8. The average Bonchev–Trinajstić information content (AvgIpc) is 2.46. The van der Waals surface area contributed by atoms with E-state index in [-0.39, 0.29) is 11.3 Å². The maximum Gasteiger partial charge on any atom is 0.254 e. The molecule has 1 aromatic rings. The Kier molecular flexibility index (Phi) is 4.90. The Morgan fingerprint density at radius 3 is 2.40 bits per heavy atom. The first-order valence-corrected chi connectivity index (χ1v) is 8.50. The molecule has 0 N–H and O–H groups in total. The van der Waals surface area contributed by atoms with Gasteiger partial charge in [-0.3, -0.25) is 4.79 Å². The van der Waals surface area contributed by atoms with Gasteiger partial charge in [-0.15, -0.1) is 0 Å². The monoisotopic (exact) mass is 337 g/mol. The lowest BCUT2D eigenvalue weighted by Crippen LogP contribution is -2.39. The Morgan fingerprint density at radius 2 is 1.85 bits per heavy atom. The van der Waals surface area contributed by atoms with Crippen molar-refractivity contribution < 1.29 is 4.79 Å². The zero-order valence-electron chi connectivity index (χ0n) is 12.7. The molecule has 0 unspecified atom stereocenters. The van der Waals surface area contributed by atoms with Crippen LogP contribution in [-0.2, 0) is 5.41 Å². The van der Waals surface area contributed by atoms with E-state index in [1.54, 1.807) is 0 Å². The third kappa shape index (κ3) is 3.43. The second kappa shape index (κ2) is 6.30. The second-order valence-corrected chi connectivity index (χ2v) is 7.33. The van der Waals surface area contributed by atoms with E-state index >= 15 is 0 Å². The topological polar surface area (TPSA) is 20.3 Å². The van der Waals surface area contributed by atoms with E-state index in [1.165, 1.54) is 0 Å². The largest absolute Gasteiger partial charge is 0.339 e. The van der Waals surface area contributed by atoms with Crippen LogP contribution in [0.4, 0.5) is 0 Å². The summed E-state index contributed by atoms with van der Waals surface area (Å²) in [5, 5.41) is 1.05. The molecule has 1 amide bonds. The van der Waals surface area contributed by atoms with Crippen molar-refractivity contribution in [2.45, 2.75) is 39.0 Å². The Balaban J connectivity index is 2.18. The van der Waals surface area contributed by atoms with E-state index in [9.17, 15) is 4.79 Å². The minimum Gasteiger partial charge on any atom is -0.339 e. The highest BCUT2D eigenvalue weighted by Gasteiger charge is 2.27. The van der Waals surface area contributed by atoms with E-state index in [4.69, 9.17) is 0 Å². The number of carbonyl (C=O) groups is 1. The number of nitrogens with zero attached hydrogens (tertiary/aromatic N) is 1. The van der Waals surface area contributed by atoms with Crippen molar-refractivity contribution in [3.8, 4) is 0 Å². The summed E-state index contributed by atoms with van der Waals surface area (Å²) in [5.74, 6) is 0.917. The number of likely N-dealkylation sites (tertiary alicyclic amines) is 1. The SMILES string of the molecule is CC(C)(C)c1ccccc1C(=O)N1CCC(CBr)CC1. The lowest BCUT2D eigenvalue weighted by Gasteiger charge is -2.32. The Labute approximate surface area is 130 Å². The van der Waals surface area contributed by atoms with E-state index in [2.05, 4.69) is 42.8 Å². The normalized spacial score (nSPS) is 17.3. The van der Waals surface area contributed by atoms with Crippen molar-refractivity contribution in [1.29, 1.82) is 0 Å². The number of piperidine rings is 1. The van der Waals surface area contributed by atoms with Crippen LogP contribution >= 0.6 is 15.9 Å². The van der Waals surface area contributed by atoms with Gasteiger partial charge in [0.05, 0.1) is 0 Å². The van der Waals surface area contributed by atoms with Gasteiger partial charge in [-0.25, -0.2) is 0 Å². The number of rotatable bonds is 2. The van der Waals surface area contributed by atoms with Crippen molar-refractivity contribution in [3.05, 3.63) is 35.4 Å². The Hall–Kier alpha value is -0.830. The molecule has 1 aliphatic heterocycles. The van der Waals surface area contributed by atoms with E-state index in [1.807, 2.05) is 23.1 Å². The highest BCUT2D eigenvalue weighted by Crippen LogP contribution is 2.28. The first kappa shape index (κ1) is 15.6. The molecule has 0 radical (unpaired) electrons. The highest BCUT2D eigenvalue weighted by atomic mass is 79.9. The van der Waals surface area contributed by atoms with Gasteiger partial charge in [0.2, 0.25) is 0 Å². The number of alkyl halides is 1. The van der Waals surface area contributed by atoms with Crippen LogP contribution in [0.3, 0.4) is 0 Å². The maximum atomic E-state index is 12.8. The van der Waals surface area contributed by atoms with Gasteiger partial charge in [-0.1, -0.05) is 54.9 Å². The van der Waals surface area contributed by atoms with Crippen LogP contribution in [0, 0.1) is 5.92 Å². The summed E-state index contributed by atoms with van der Waals surface area (Å²) >= 11 is 3.55. The van der Waals surface area contributed by atoms with Crippen molar-refractivity contribution in [3.63, 3.8) is 0 Å². The summed E-state index contributed by atoms with van der Waals surface area (Å²) in [6.07, 6.45) is 2.21. The van der Waals surface area contributed by atoms with Gasteiger partial charge >= 0.3 is 0 Å². The highest BCUT2D eigenvalue weighted by molar-refractivity contribution is 9.09. The van der Waals surface area contributed by atoms with Crippen molar-refractivity contribution in [2.75, 3.05) is 18.4 Å². The summed E-state index contributed by atoms with van der Waals surface area (Å²) in [6, 6.07) is 8.04. The minimum absolute atomic E-state index is 0.000431. The molecule has 1 fully saturated rings. The molecule has 110 valence electrons. The van der Waals surface area contributed by atoms with Crippen LogP contribution in [0.1, 0.15) is 49.5 Å². The molecule has 2 rings (SSSR count). The van der Waals surface area contributed by atoms with Crippen LogP contribution in [0.25, 0.3) is 0 Å². The van der Waals surface area contributed by atoms with Crippen LogP contribution in [0.2, 0.25) is 0 Å². The van der Waals surface area contributed by atoms with Crippen LogP contribution < -0.4 is 0 Å². The summed E-state index contributed by atoms with van der Waals surface area (Å²) in [7, 11) is 0. The van der Waals surface area contributed by atoms with Gasteiger partial charge in [0.1, 0.15) is 0 Å². The summed E-state index contributed by atoms with van der Waals surface area (Å²) < 4.78 is 0. The standard InChI is InChI=1S/C17H24BrNO/c1-17(2,3)15-7-5-4-6-14(15)16(20)19-10-8-13(12-18)9-11-19/h4-7,13H,8-12H2,1-3H3. The molecule has 2 nitrogen and oxygen atoms in total. The molecule has 0 aromatic heterocycles. The van der Waals surface area contributed by atoms with Crippen LogP contribution in [0.15, 0.2) is 24.3 Å². The van der Waals surface area contributed by atoms with E-state index in [0.717, 1.165) is 48.3 Å². The third-order valence-corrected chi connectivity index (χ3v) is 5.00. The quantitative estimate of drug-likeness (QED) is 0.739. The number of amides is 1. The van der Waals surface area contributed by atoms with E-state index in [0.29, 0.717) is 0 Å². The van der Waals surface area contributed by atoms with Crippen LogP contribution in [-0.4, -0.2) is 29.2 Å². The van der Waals surface area contributed by atoms with Crippen molar-refractivity contribution in [1.82, 2.24) is 4.90 Å². The molecule has 0 aliphatic carbocycles. The third-order valence-electron chi connectivity index (χ3n) is 4.09. The number of hydrogen-bond acceptors (Lipinski definition) is 1. The predicted octanol–water partition coefficient (Wildman–Crippen LogP) is 4.23. The number of halogens is 1. The fourth-order valence-corrected chi connectivity index (χ4v) is 3.43. The van der Waals surface area contributed by atoms with Gasteiger partial charge in [0.25, 0.3) is 5.91 Å². The smallest absolute Gasteiger partial charge is 0.254 e. The molecule has 20 heavy (non-hydrogen) atoms. The molecule has 1 aromatic carbocycles. The summed E-state index contributed by atoms with van der Waals surface area (Å²) in [5.41, 5.74) is 2.02. The zero-order valence-corrected chi connectivity index (χ0v) is 14.2. The molecule has 0 spiro atoms. The van der Waals surface area contributed by atoms with E-state index < -0.39 is 0 Å². The van der Waals surface area contributed by atoms with Crippen molar-refractivity contribution >= 4 is 21.8 Å². The first-order chi connectivity index (χ1) is 9.43. The summed E-state index contributed by atoms with van der Waals surface area (Å²) in [4.78, 5) is 14.8.